The molecule has 0 atom stereocenters. The summed E-state index contributed by atoms with van der Waals surface area (Å²) in [5.74, 6) is 0. The molecular formula is C5H9BrF2O. The van der Waals surface area contributed by atoms with Crippen molar-refractivity contribution in [2.75, 3.05) is 6.61 Å². The molecule has 1 nitrogen and oxygen atoms in total. The van der Waals surface area contributed by atoms with Gasteiger partial charge in [0.2, 0.25) is 0 Å². The molecule has 9 heavy (non-hydrogen) atoms. The van der Waals surface area contributed by atoms with Gasteiger partial charge in [-0.1, -0.05) is 13.8 Å². The summed E-state index contributed by atoms with van der Waals surface area (Å²) in [5.41, 5.74) is -1.38. The van der Waals surface area contributed by atoms with Crippen LogP contribution in [0.1, 0.15) is 13.8 Å². The van der Waals surface area contributed by atoms with Crippen molar-refractivity contribution in [2.45, 2.75) is 18.7 Å². The lowest BCUT2D eigenvalue weighted by Gasteiger charge is -2.26. The average molecular weight is 203 g/mol. The number of aliphatic hydroxyl groups is 1. The van der Waals surface area contributed by atoms with Gasteiger partial charge in [0, 0.05) is 0 Å². The molecule has 0 aromatic rings. The molecule has 0 radical (unpaired) electrons. The molecule has 4 heteroatoms. The Bertz CT molecular complexity index is 97.6. The van der Waals surface area contributed by atoms with Gasteiger partial charge in [0.05, 0.1) is 12.0 Å². The molecule has 0 unspecified atom stereocenters. The lowest BCUT2D eigenvalue weighted by molar-refractivity contribution is -0.0417. The molecule has 1 N–H and O–H groups in total. The Hall–Kier alpha value is 0.300. The summed E-state index contributed by atoms with van der Waals surface area (Å²) in [6.07, 6.45) is 0. The summed E-state index contributed by atoms with van der Waals surface area (Å²) < 4.78 is 24.5. The van der Waals surface area contributed by atoms with Crippen LogP contribution in [0.2, 0.25) is 0 Å². The van der Waals surface area contributed by atoms with Crippen LogP contribution in [0.5, 0.6) is 0 Å². The second-order valence-corrected chi connectivity index (χ2v) is 3.54. The highest BCUT2D eigenvalue weighted by molar-refractivity contribution is 9.10. The predicted molar refractivity (Wildman–Crippen MR) is 34.7 cm³/mol. The van der Waals surface area contributed by atoms with Gasteiger partial charge in [0.25, 0.3) is 0 Å². The van der Waals surface area contributed by atoms with Crippen molar-refractivity contribution in [1.29, 1.82) is 0 Å². The normalized spacial score (nSPS) is 14.0. The summed E-state index contributed by atoms with van der Waals surface area (Å²) in [5, 5.41) is 8.42. The molecule has 0 spiro atoms. The molecule has 0 aliphatic rings. The largest absolute Gasteiger partial charge is 0.396 e. The Kier molecular flexibility index (Phi) is 2.58. The summed E-state index contributed by atoms with van der Waals surface area (Å²) in [7, 11) is 0. The van der Waals surface area contributed by atoms with Gasteiger partial charge >= 0.3 is 4.83 Å². The smallest absolute Gasteiger partial charge is 0.308 e. The maximum atomic E-state index is 12.3. The SMILES string of the molecule is CC(C)(CO)C(F)(F)Br. The quantitative estimate of drug-likeness (QED) is 0.680. The number of hydrogen-bond acceptors (Lipinski definition) is 1. The molecule has 0 amide bonds. The van der Waals surface area contributed by atoms with E-state index in [1.807, 2.05) is 0 Å². The lowest BCUT2D eigenvalue weighted by Crippen LogP contribution is -2.33. The van der Waals surface area contributed by atoms with Crippen LogP contribution >= 0.6 is 15.9 Å². The van der Waals surface area contributed by atoms with Crippen molar-refractivity contribution < 1.29 is 13.9 Å². The molecular weight excluding hydrogens is 194 g/mol. The van der Waals surface area contributed by atoms with Crippen LogP contribution in [-0.2, 0) is 0 Å². The third-order valence-electron chi connectivity index (χ3n) is 1.16. The van der Waals surface area contributed by atoms with Crippen molar-refractivity contribution in [3.8, 4) is 0 Å². The van der Waals surface area contributed by atoms with Crippen LogP contribution in [0.25, 0.3) is 0 Å². The van der Waals surface area contributed by atoms with E-state index in [9.17, 15) is 8.78 Å². The van der Waals surface area contributed by atoms with Crippen molar-refractivity contribution in [3.05, 3.63) is 0 Å². The summed E-state index contributed by atoms with van der Waals surface area (Å²) in [6.45, 7) is 2.02. The predicted octanol–water partition coefficient (Wildman–Crippen LogP) is 1.99. The van der Waals surface area contributed by atoms with Gasteiger partial charge in [-0.15, -0.1) is 0 Å². The van der Waals surface area contributed by atoms with Crippen LogP contribution < -0.4 is 0 Å². The van der Waals surface area contributed by atoms with Gasteiger partial charge in [-0.25, -0.2) is 0 Å². The minimum atomic E-state index is -2.99. The van der Waals surface area contributed by atoms with Gasteiger partial charge in [-0.2, -0.15) is 8.78 Å². The fourth-order valence-corrected chi connectivity index (χ4v) is 0.215. The molecule has 0 rings (SSSR count). The summed E-state index contributed by atoms with van der Waals surface area (Å²) in [6, 6.07) is 0. The maximum Gasteiger partial charge on any atom is 0.308 e. The van der Waals surface area contributed by atoms with Gasteiger partial charge < -0.3 is 5.11 Å². The molecule has 0 saturated carbocycles. The average Bonchev–Trinajstić information content (AvgIpc) is 1.64. The highest BCUT2D eigenvalue weighted by Crippen LogP contribution is 2.40. The van der Waals surface area contributed by atoms with Gasteiger partial charge in [0.1, 0.15) is 0 Å². The maximum absolute atomic E-state index is 12.3. The van der Waals surface area contributed by atoms with Crippen LogP contribution in [0.3, 0.4) is 0 Å². The first kappa shape index (κ1) is 9.30. The Morgan fingerprint density at radius 1 is 1.44 bits per heavy atom. The molecule has 0 fully saturated rings. The van der Waals surface area contributed by atoms with E-state index in [-0.39, 0.29) is 0 Å². The first-order chi connectivity index (χ1) is 3.81. The molecule has 0 aliphatic heterocycles. The summed E-state index contributed by atoms with van der Waals surface area (Å²) in [4.78, 5) is -2.99. The molecule has 0 aliphatic carbocycles. The fraction of sp³-hybridized carbons (Fsp3) is 1.00. The van der Waals surface area contributed by atoms with E-state index in [0.717, 1.165) is 0 Å². The van der Waals surface area contributed by atoms with Gasteiger partial charge in [0.15, 0.2) is 0 Å². The van der Waals surface area contributed by atoms with E-state index >= 15 is 0 Å². The van der Waals surface area contributed by atoms with Crippen molar-refractivity contribution >= 4 is 15.9 Å². The van der Waals surface area contributed by atoms with Crippen LogP contribution in [-0.4, -0.2) is 16.5 Å². The van der Waals surface area contributed by atoms with Gasteiger partial charge in [-0.3, -0.25) is 0 Å². The Morgan fingerprint density at radius 2 is 1.78 bits per heavy atom. The van der Waals surface area contributed by atoms with E-state index in [1.54, 1.807) is 0 Å². The summed E-state index contributed by atoms with van der Waals surface area (Å²) >= 11 is 2.17. The second kappa shape index (κ2) is 2.50. The molecule has 56 valence electrons. The molecule has 0 bridgehead atoms. The zero-order chi connectivity index (χ0) is 7.71. The van der Waals surface area contributed by atoms with E-state index in [2.05, 4.69) is 15.9 Å². The van der Waals surface area contributed by atoms with Crippen LogP contribution in [0.4, 0.5) is 8.78 Å². The second-order valence-electron chi connectivity index (χ2n) is 2.54. The number of aliphatic hydroxyl groups excluding tert-OH is 1. The highest BCUT2D eigenvalue weighted by atomic mass is 79.9. The van der Waals surface area contributed by atoms with Crippen LogP contribution in [0, 0.1) is 5.41 Å². The first-order valence-electron chi connectivity index (χ1n) is 2.49. The number of rotatable bonds is 2. The first-order valence-corrected chi connectivity index (χ1v) is 3.28. The molecule has 0 saturated heterocycles. The topological polar surface area (TPSA) is 20.2 Å². The van der Waals surface area contributed by atoms with Gasteiger partial charge in [-0.05, 0) is 15.9 Å². The highest BCUT2D eigenvalue weighted by Gasteiger charge is 2.43. The molecule has 0 aromatic carbocycles. The minimum absolute atomic E-state index is 0.536. The zero-order valence-corrected chi connectivity index (χ0v) is 6.87. The van der Waals surface area contributed by atoms with Crippen molar-refractivity contribution in [3.63, 3.8) is 0 Å². The fourth-order valence-electron chi connectivity index (χ4n) is 0.0896. The number of hydrogen-bond donors (Lipinski definition) is 1. The van der Waals surface area contributed by atoms with Crippen molar-refractivity contribution in [1.82, 2.24) is 0 Å². The third kappa shape index (κ3) is 2.18. The van der Waals surface area contributed by atoms with E-state index < -0.39 is 16.9 Å². The Balaban J connectivity index is 4.14. The van der Waals surface area contributed by atoms with Crippen molar-refractivity contribution in [2.24, 2.45) is 5.41 Å². The zero-order valence-electron chi connectivity index (χ0n) is 5.29. The van der Waals surface area contributed by atoms with E-state index in [1.165, 1.54) is 13.8 Å². The van der Waals surface area contributed by atoms with Crippen LogP contribution in [0.15, 0.2) is 0 Å². The molecule has 0 aromatic heterocycles. The molecule has 0 heterocycles. The lowest BCUT2D eigenvalue weighted by atomic mass is 9.96. The number of halogens is 3. The van der Waals surface area contributed by atoms with E-state index in [0.29, 0.717) is 0 Å². The Labute approximate surface area is 61.2 Å². The third-order valence-corrected chi connectivity index (χ3v) is 2.24. The minimum Gasteiger partial charge on any atom is -0.396 e. The Morgan fingerprint density at radius 3 is 1.78 bits per heavy atom. The number of alkyl halides is 3. The standard InChI is InChI=1S/C5H9BrF2O/c1-4(2,3-9)5(6,7)8/h9H,3H2,1-2H3. The van der Waals surface area contributed by atoms with E-state index in [4.69, 9.17) is 5.11 Å². The monoisotopic (exact) mass is 202 g/mol.